The molecule has 0 saturated carbocycles. The quantitative estimate of drug-likeness (QED) is 0.335. The zero-order chi connectivity index (χ0) is 24.4. The predicted molar refractivity (Wildman–Crippen MR) is 123 cm³/mol. The fourth-order valence-corrected chi connectivity index (χ4v) is 4.39. The minimum atomic E-state index is -1.07. The minimum absolute atomic E-state index is 0.0535. The van der Waals surface area contributed by atoms with E-state index in [-0.39, 0.29) is 17.0 Å². The summed E-state index contributed by atoms with van der Waals surface area (Å²) in [7, 11) is 0. The highest BCUT2D eigenvalue weighted by atomic mass is 35.5. The van der Waals surface area contributed by atoms with E-state index in [4.69, 9.17) is 16.3 Å². The Labute approximate surface area is 200 Å². The van der Waals surface area contributed by atoms with Crippen LogP contribution < -0.4 is 4.74 Å². The van der Waals surface area contributed by atoms with Crippen LogP contribution in [0.5, 0.6) is 5.75 Å². The molecule has 11 heteroatoms. The molecule has 2 aromatic rings. The van der Waals surface area contributed by atoms with Crippen LogP contribution >= 0.6 is 11.6 Å². The Morgan fingerprint density at radius 1 is 1.09 bits per heavy atom. The molecule has 0 radical (unpaired) electrons. The Balaban J connectivity index is 1.33. The molecule has 0 N–H and O–H groups in total. The number of hydrogen-bond donors (Lipinski definition) is 0. The number of halogens is 1. The minimum Gasteiger partial charge on any atom is -0.491 e. The number of amides is 3. The van der Waals surface area contributed by atoms with Crippen LogP contribution in [0.15, 0.2) is 42.5 Å². The second-order valence-corrected chi connectivity index (χ2v) is 8.47. The zero-order valence-electron chi connectivity index (χ0n) is 18.5. The Kier molecular flexibility index (Phi) is 6.80. The lowest BCUT2D eigenvalue weighted by Gasteiger charge is -2.37. The molecular formula is C23H23ClN4O6. The Hall–Kier alpha value is -3.50. The maximum atomic E-state index is 13.1. The highest BCUT2D eigenvalue weighted by molar-refractivity contribution is 6.32. The first kappa shape index (κ1) is 23.7. The molecule has 178 valence electrons. The normalized spacial score (nSPS) is 17.0. The van der Waals surface area contributed by atoms with Gasteiger partial charge in [-0.05, 0) is 25.1 Å². The standard InChI is InChI=1S/C23H23ClN4O6/c1-15(27-22(30)16-5-4-7-18(28(32)33)20(16)23(27)31)21(29)26-11-9-25(10-12-26)13-14-34-19-8-3-2-6-17(19)24/h2-8,15H,9-14H2,1H3/t15-/m0/s1. The van der Waals surface area contributed by atoms with Crippen LogP contribution in [0.3, 0.4) is 0 Å². The van der Waals surface area contributed by atoms with Gasteiger partial charge in [0.1, 0.15) is 24.0 Å². The van der Waals surface area contributed by atoms with Crippen molar-refractivity contribution in [3.8, 4) is 5.75 Å². The van der Waals surface area contributed by atoms with Gasteiger partial charge in [0, 0.05) is 38.8 Å². The van der Waals surface area contributed by atoms with Gasteiger partial charge in [0.05, 0.1) is 15.5 Å². The van der Waals surface area contributed by atoms with Gasteiger partial charge in [0.25, 0.3) is 17.5 Å². The summed E-state index contributed by atoms with van der Waals surface area (Å²) >= 11 is 6.09. The van der Waals surface area contributed by atoms with Crippen molar-refractivity contribution in [2.24, 2.45) is 0 Å². The van der Waals surface area contributed by atoms with Gasteiger partial charge >= 0.3 is 0 Å². The van der Waals surface area contributed by atoms with Gasteiger partial charge in [0.15, 0.2) is 0 Å². The highest BCUT2D eigenvalue weighted by Gasteiger charge is 2.45. The monoisotopic (exact) mass is 486 g/mol. The summed E-state index contributed by atoms with van der Waals surface area (Å²) in [6.45, 7) is 4.65. The van der Waals surface area contributed by atoms with Crippen molar-refractivity contribution in [2.45, 2.75) is 13.0 Å². The van der Waals surface area contributed by atoms with Crippen molar-refractivity contribution < 1.29 is 24.0 Å². The van der Waals surface area contributed by atoms with Gasteiger partial charge in [-0.15, -0.1) is 0 Å². The van der Waals surface area contributed by atoms with Crippen molar-refractivity contribution in [3.05, 3.63) is 68.7 Å². The molecule has 2 heterocycles. The molecule has 10 nitrogen and oxygen atoms in total. The molecule has 3 amide bonds. The molecule has 2 aliphatic rings. The molecule has 1 saturated heterocycles. The van der Waals surface area contributed by atoms with Crippen LogP contribution in [0.25, 0.3) is 0 Å². The van der Waals surface area contributed by atoms with Crippen molar-refractivity contribution >= 4 is 35.0 Å². The van der Waals surface area contributed by atoms with Crippen LogP contribution in [-0.4, -0.2) is 82.7 Å². The van der Waals surface area contributed by atoms with E-state index in [1.807, 2.05) is 12.1 Å². The van der Waals surface area contributed by atoms with E-state index in [2.05, 4.69) is 4.90 Å². The fourth-order valence-electron chi connectivity index (χ4n) is 4.20. The third-order valence-electron chi connectivity index (χ3n) is 6.05. The van der Waals surface area contributed by atoms with Crippen LogP contribution in [-0.2, 0) is 4.79 Å². The number of benzene rings is 2. The summed E-state index contributed by atoms with van der Waals surface area (Å²) < 4.78 is 5.72. The molecule has 0 unspecified atom stereocenters. The maximum Gasteiger partial charge on any atom is 0.282 e. The SMILES string of the molecule is C[C@@H](C(=O)N1CCN(CCOc2ccccc2Cl)CC1)N1C(=O)c2cccc([N+](=O)[O-])c2C1=O. The Morgan fingerprint density at radius 3 is 2.47 bits per heavy atom. The number of para-hydroxylation sites is 1. The van der Waals surface area contributed by atoms with E-state index >= 15 is 0 Å². The summed E-state index contributed by atoms with van der Waals surface area (Å²) in [5, 5.41) is 11.8. The molecule has 1 atom stereocenters. The van der Waals surface area contributed by atoms with E-state index in [9.17, 15) is 24.5 Å². The van der Waals surface area contributed by atoms with Crippen LogP contribution in [0.4, 0.5) is 5.69 Å². The van der Waals surface area contributed by atoms with Crippen molar-refractivity contribution in [2.75, 3.05) is 39.3 Å². The average Bonchev–Trinajstić information content (AvgIpc) is 3.09. The van der Waals surface area contributed by atoms with E-state index < -0.39 is 28.5 Å². The Morgan fingerprint density at radius 2 is 1.79 bits per heavy atom. The van der Waals surface area contributed by atoms with Crippen LogP contribution in [0, 0.1) is 10.1 Å². The summed E-state index contributed by atoms with van der Waals surface area (Å²) in [4.78, 5) is 53.9. The van der Waals surface area contributed by atoms with Crippen LogP contribution in [0.2, 0.25) is 5.02 Å². The molecule has 0 spiro atoms. The lowest BCUT2D eigenvalue weighted by atomic mass is 10.1. The highest BCUT2D eigenvalue weighted by Crippen LogP contribution is 2.32. The molecule has 0 bridgehead atoms. The van der Waals surface area contributed by atoms with Crippen LogP contribution in [0.1, 0.15) is 27.6 Å². The molecule has 2 aliphatic heterocycles. The molecule has 34 heavy (non-hydrogen) atoms. The third-order valence-corrected chi connectivity index (χ3v) is 6.36. The van der Waals surface area contributed by atoms with E-state index in [0.717, 1.165) is 4.90 Å². The van der Waals surface area contributed by atoms with Gasteiger partial charge in [-0.25, -0.2) is 0 Å². The number of rotatable bonds is 7. The van der Waals surface area contributed by atoms with Gasteiger partial charge < -0.3 is 9.64 Å². The lowest BCUT2D eigenvalue weighted by molar-refractivity contribution is -0.385. The maximum absolute atomic E-state index is 13.1. The number of carbonyl (C=O) groups excluding carboxylic acids is 3. The first-order valence-electron chi connectivity index (χ1n) is 10.8. The second kappa shape index (κ2) is 9.78. The second-order valence-electron chi connectivity index (χ2n) is 8.06. The molecular weight excluding hydrogens is 464 g/mol. The fraction of sp³-hybridized carbons (Fsp3) is 0.348. The number of fused-ring (bicyclic) bond motifs is 1. The van der Waals surface area contributed by atoms with Crippen molar-refractivity contribution in [1.82, 2.24) is 14.7 Å². The summed E-state index contributed by atoms with van der Waals surface area (Å²) in [6, 6.07) is 10.1. The Bertz CT molecular complexity index is 1150. The van der Waals surface area contributed by atoms with Gasteiger partial charge in [-0.3, -0.25) is 34.3 Å². The molecule has 0 aromatic heterocycles. The summed E-state index contributed by atoms with van der Waals surface area (Å²) in [5.41, 5.74) is -0.756. The molecule has 4 rings (SSSR count). The third kappa shape index (κ3) is 4.46. The number of hydrogen-bond acceptors (Lipinski definition) is 7. The number of nitro groups is 1. The van der Waals surface area contributed by atoms with Crippen molar-refractivity contribution in [3.63, 3.8) is 0 Å². The average molecular weight is 487 g/mol. The number of imide groups is 1. The molecule has 2 aromatic carbocycles. The zero-order valence-corrected chi connectivity index (χ0v) is 19.2. The first-order valence-corrected chi connectivity index (χ1v) is 11.2. The first-order chi connectivity index (χ1) is 16.3. The van der Waals surface area contributed by atoms with E-state index in [0.29, 0.717) is 50.1 Å². The van der Waals surface area contributed by atoms with Gasteiger partial charge in [-0.1, -0.05) is 29.8 Å². The number of piperazine rings is 1. The largest absolute Gasteiger partial charge is 0.491 e. The number of carbonyl (C=O) groups is 3. The number of nitrogens with zero attached hydrogens (tertiary/aromatic N) is 4. The van der Waals surface area contributed by atoms with Gasteiger partial charge in [-0.2, -0.15) is 0 Å². The predicted octanol–water partition coefficient (Wildman–Crippen LogP) is 2.46. The van der Waals surface area contributed by atoms with Crippen molar-refractivity contribution in [1.29, 1.82) is 0 Å². The summed E-state index contributed by atoms with van der Waals surface area (Å²) in [6.07, 6.45) is 0. The van der Waals surface area contributed by atoms with E-state index in [1.54, 1.807) is 17.0 Å². The topological polar surface area (TPSA) is 113 Å². The smallest absolute Gasteiger partial charge is 0.282 e. The number of nitro benzene ring substituents is 1. The molecule has 1 fully saturated rings. The lowest BCUT2D eigenvalue weighted by Crippen LogP contribution is -2.55. The number of ether oxygens (including phenoxy) is 1. The van der Waals surface area contributed by atoms with Gasteiger partial charge in [0.2, 0.25) is 5.91 Å². The summed E-state index contributed by atoms with van der Waals surface area (Å²) in [5.74, 6) is -1.26. The molecule has 0 aliphatic carbocycles. The van der Waals surface area contributed by atoms with E-state index in [1.165, 1.54) is 25.1 Å².